The van der Waals surface area contributed by atoms with Gasteiger partial charge in [-0.1, -0.05) is 0 Å². The molecule has 0 radical (unpaired) electrons. The Balaban J connectivity index is 2.17. The zero-order chi connectivity index (χ0) is 13.4. The number of urea groups is 1. The van der Waals surface area contributed by atoms with Gasteiger partial charge in [0, 0.05) is 32.7 Å². The molecule has 2 amide bonds. The summed E-state index contributed by atoms with van der Waals surface area (Å²) in [5, 5.41) is 11.5. The molecule has 6 heteroatoms. The third-order valence-electron chi connectivity index (χ3n) is 3.09. The summed E-state index contributed by atoms with van der Waals surface area (Å²) in [5.74, 6) is -0.551. The SMILES string of the molecule is CCOCCNC(=O)N1CCC(CC(=O)O)CC1. The first kappa shape index (κ1) is 14.8. The van der Waals surface area contributed by atoms with Gasteiger partial charge in [-0.2, -0.15) is 0 Å². The lowest BCUT2D eigenvalue weighted by Crippen LogP contribution is -2.45. The lowest BCUT2D eigenvalue weighted by atomic mass is 9.94. The number of hydrogen-bond donors (Lipinski definition) is 2. The Kier molecular flexibility index (Phi) is 6.49. The number of carbonyl (C=O) groups excluding carboxylic acids is 1. The number of aliphatic carboxylic acids is 1. The van der Waals surface area contributed by atoms with Crippen LogP contribution in [0.5, 0.6) is 0 Å². The fourth-order valence-electron chi connectivity index (χ4n) is 2.07. The molecule has 0 saturated carbocycles. The number of hydrogen-bond acceptors (Lipinski definition) is 3. The van der Waals surface area contributed by atoms with Crippen LogP contribution < -0.4 is 5.32 Å². The van der Waals surface area contributed by atoms with E-state index in [1.54, 1.807) is 4.90 Å². The zero-order valence-electron chi connectivity index (χ0n) is 10.9. The Hall–Kier alpha value is -1.30. The third-order valence-corrected chi connectivity index (χ3v) is 3.09. The number of piperidine rings is 1. The van der Waals surface area contributed by atoms with Crippen molar-refractivity contribution in [3.63, 3.8) is 0 Å². The highest BCUT2D eigenvalue weighted by molar-refractivity contribution is 5.74. The molecule has 1 saturated heterocycles. The average molecular weight is 258 g/mol. The number of likely N-dealkylation sites (tertiary alicyclic amines) is 1. The van der Waals surface area contributed by atoms with Gasteiger partial charge in [0.2, 0.25) is 0 Å². The van der Waals surface area contributed by atoms with Crippen LogP contribution in [-0.2, 0) is 9.53 Å². The first-order valence-electron chi connectivity index (χ1n) is 6.45. The minimum absolute atomic E-state index is 0.0801. The van der Waals surface area contributed by atoms with Gasteiger partial charge in [0.25, 0.3) is 0 Å². The van der Waals surface area contributed by atoms with E-state index in [0.717, 1.165) is 12.8 Å². The lowest BCUT2D eigenvalue weighted by Gasteiger charge is -2.31. The molecule has 1 aliphatic heterocycles. The van der Waals surface area contributed by atoms with E-state index in [9.17, 15) is 9.59 Å². The summed E-state index contributed by atoms with van der Waals surface area (Å²) in [6.45, 7) is 4.88. The lowest BCUT2D eigenvalue weighted by molar-refractivity contribution is -0.138. The smallest absolute Gasteiger partial charge is 0.317 e. The molecule has 6 nitrogen and oxygen atoms in total. The maximum atomic E-state index is 11.7. The number of amides is 2. The molecular formula is C12H22N2O4. The van der Waals surface area contributed by atoms with Crippen molar-refractivity contribution in [3.8, 4) is 0 Å². The van der Waals surface area contributed by atoms with E-state index in [4.69, 9.17) is 9.84 Å². The Bertz CT molecular complexity index is 275. The Morgan fingerprint density at radius 2 is 2.06 bits per heavy atom. The van der Waals surface area contributed by atoms with E-state index in [2.05, 4.69) is 5.32 Å². The van der Waals surface area contributed by atoms with Crippen LogP contribution in [0.15, 0.2) is 0 Å². The summed E-state index contributed by atoms with van der Waals surface area (Å²) in [5.41, 5.74) is 0. The summed E-state index contributed by atoms with van der Waals surface area (Å²) in [6, 6.07) is -0.0801. The van der Waals surface area contributed by atoms with Gasteiger partial charge in [0.1, 0.15) is 0 Å². The summed E-state index contributed by atoms with van der Waals surface area (Å²) >= 11 is 0. The number of carbonyl (C=O) groups is 2. The molecule has 0 atom stereocenters. The van der Waals surface area contributed by atoms with Crippen LogP contribution in [0.1, 0.15) is 26.2 Å². The van der Waals surface area contributed by atoms with Crippen molar-refractivity contribution in [1.29, 1.82) is 0 Å². The van der Waals surface area contributed by atoms with E-state index in [-0.39, 0.29) is 18.4 Å². The van der Waals surface area contributed by atoms with Crippen molar-refractivity contribution in [2.24, 2.45) is 5.92 Å². The number of ether oxygens (including phenoxy) is 1. The van der Waals surface area contributed by atoms with Crippen molar-refractivity contribution < 1.29 is 19.4 Å². The Labute approximate surface area is 107 Å². The van der Waals surface area contributed by atoms with Gasteiger partial charge in [0.05, 0.1) is 6.61 Å². The highest BCUT2D eigenvalue weighted by Crippen LogP contribution is 2.20. The molecule has 1 aliphatic rings. The van der Waals surface area contributed by atoms with Gasteiger partial charge < -0.3 is 20.1 Å². The largest absolute Gasteiger partial charge is 0.481 e. The first-order chi connectivity index (χ1) is 8.63. The summed E-state index contributed by atoms with van der Waals surface area (Å²) in [6.07, 6.45) is 1.75. The molecule has 1 heterocycles. The molecule has 1 fully saturated rings. The van der Waals surface area contributed by atoms with Gasteiger partial charge in [-0.05, 0) is 25.7 Å². The maximum Gasteiger partial charge on any atom is 0.317 e. The molecule has 0 aromatic rings. The standard InChI is InChI=1S/C12H22N2O4/c1-2-18-8-5-13-12(17)14-6-3-10(4-7-14)9-11(15)16/h10H,2-9H2,1H3,(H,13,17)(H,15,16). The van der Waals surface area contributed by atoms with Gasteiger partial charge in [0.15, 0.2) is 0 Å². The summed E-state index contributed by atoms with van der Waals surface area (Å²) in [4.78, 5) is 24.1. The van der Waals surface area contributed by atoms with Crippen molar-refractivity contribution in [2.45, 2.75) is 26.2 Å². The topological polar surface area (TPSA) is 78.9 Å². The van der Waals surface area contributed by atoms with E-state index >= 15 is 0 Å². The Morgan fingerprint density at radius 3 is 2.61 bits per heavy atom. The quantitative estimate of drug-likeness (QED) is 0.694. The number of carboxylic acids is 1. The maximum absolute atomic E-state index is 11.7. The molecule has 0 unspecified atom stereocenters. The van der Waals surface area contributed by atoms with E-state index in [1.807, 2.05) is 6.92 Å². The molecule has 0 aromatic carbocycles. The van der Waals surface area contributed by atoms with Crippen LogP contribution in [0.2, 0.25) is 0 Å². The van der Waals surface area contributed by atoms with Crippen LogP contribution in [0.3, 0.4) is 0 Å². The van der Waals surface area contributed by atoms with Crippen LogP contribution in [0, 0.1) is 5.92 Å². The van der Waals surface area contributed by atoms with Crippen molar-refractivity contribution in [1.82, 2.24) is 10.2 Å². The second-order valence-electron chi connectivity index (χ2n) is 4.46. The fourth-order valence-corrected chi connectivity index (χ4v) is 2.07. The van der Waals surface area contributed by atoms with Crippen molar-refractivity contribution in [2.75, 3.05) is 32.8 Å². The van der Waals surface area contributed by atoms with Gasteiger partial charge in [-0.15, -0.1) is 0 Å². The fraction of sp³-hybridized carbons (Fsp3) is 0.833. The molecule has 0 aliphatic carbocycles. The van der Waals surface area contributed by atoms with Gasteiger partial charge >= 0.3 is 12.0 Å². The number of nitrogens with one attached hydrogen (secondary N) is 1. The Morgan fingerprint density at radius 1 is 1.39 bits per heavy atom. The predicted octanol–water partition coefficient (Wildman–Crippen LogP) is 0.919. The minimum atomic E-state index is -0.755. The molecule has 0 aromatic heterocycles. The van der Waals surface area contributed by atoms with Crippen molar-refractivity contribution in [3.05, 3.63) is 0 Å². The highest BCUT2D eigenvalue weighted by Gasteiger charge is 2.23. The predicted molar refractivity (Wildman–Crippen MR) is 66.4 cm³/mol. The van der Waals surface area contributed by atoms with E-state index in [1.165, 1.54) is 0 Å². The number of nitrogens with zero attached hydrogens (tertiary/aromatic N) is 1. The van der Waals surface area contributed by atoms with Crippen LogP contribution in [-0.4, -0.2) is 54.9 Å². The molecule has 0 bridgehead atoms. The van der Waals surface area contributed by atoms with Crippen LogP contribution in [0.25, 0.3) is 0 Å². The van der Waals surface area contributed by atoms with Gasteiger partial charge in [-0.3, -0.25) is 4.79 Å². The molecule has 0 spiro atoms. The average Bonchev–Trinajstić information content (AvgIpc) is 2.34. The van der Waals surface area contributed by atoms with Crippen LogP contribution >= 0.6 is 0 Å². The molecule has 1 rings (SSSR count). The van der Waals surface area contributed by atoms with E-state index in [0.29, 0.717) is 32.8 Å². The summed E-state index contributed by atoms with van der Waals surface area (Å²) in [7, 11) is 0. The second kappa shape index (κ2) is 7.92. The highest BCUT2D eigenvalue weighted by atomic mass is 16.5. The molecular weight excluding hydrogens is 236 g/mol. The normalized spacial score (nSPS) is 16.6. The van der Waals surface area contributed by atoms with Crippen molar-refractivity contribution >= 4 is 12.0 Å². The minimum Gasteiger partial charge on any atom is -0.481 e. The number of carboxylic acid groups (broad SMARTS) is 1. The first-order valence-corrected chi connectivity index (χ1v) is 6.45. The molecule has 2 N–H and O–H groups in total. The van der Waals surface area contributed by atoms with E-state index < -0.39 is 5.97 Å². The summed E-state index contributed by atoms with van der Waals surface area (Å²) < 4.78 is 5.13. The third kappa shape index (κ3) is 5.35. The van der Waals surface area contributed by atoms with Crippen LogP contribution in [0.4, 0.5) is 4.79 Å². The van der Waals surface area contributed by atoms with Gasteiger partial charge in [-0.25, -0.2) is 4.79 Å². The molecule has 104 valence electrons. The number of rotatable bonds is 6. The zero-order valence-corrected chi connectivity index (χ0v) is 10.9. The molecule has 18 heavy (non-hydrogen) atoms. The monoisotopic (exact) mass is 258 g/mol. The second-order valence-corrected chi connectivity index (χ2v) is 4.46.